The molecule has 2 aromatic carbocycles. The van der Waals surface area contributed by atoms with E-state index in [9.17, 15) is 4.79 Å². The number of nitrogens with one attached hydrogen (secondary N) is 1. The largest absolute Gasteiger partial charge is 0.382 e. The van der Waals surface area contributed by atoms with Gasteiger partial charge in [0, 0.05) is 28.7 Å². The summed E-state index contributed by atoms with van der Waals surface area (Å²) in [5.41, 5.74) is 8.29. The minimum atomic E-state index is -0.346. The average Bonchev–Trinajstić information content (AvgIpc) is 3.13. The summed E-state index contributed by atoms with van der Waals surface area (Å²) in [6.45, 7) is 0. The monoisotopic (exact) mass is 486 g/mol. The van der Waals surface area contributed by atoms with Gasteiger partial charge >= 0.3 is 0 Å². The van der Waals surface area contributed by atoms with Crippen molar-refractivity contribution < 1.29 is 4.79 Å². The number of pyridine rings is 1. The van der Waals surface area contributed by atoms with Gasteiger partial charge in [-0.2, -0.15) is 0 Å². The number of rotatable bonds is 7. The zero-order chi connectivity index (χ0) is 21.8. The van der Waals surface area contributed by atoms with Crippen LogP contribution >= 0.6 is 46.3 Å². The summed E-state index contributed by atoms with van der Waals surface area (Å²) in [4.78, 5) is 22.6. The summed E-state index contributed by atoms with van der Waals surface area (Å²) >= 11 is 15.2. The summed E-state index contributed by atoms with van der Waals surface area (Å²) in [5, 5.41) is 4.26. The van der Waals surface area contributed by atoms with Gasteiger partial charge in [-0.3, -0.25) is 9.78 Å². The zero-order valence-corrected chi connectivity index (χ0v) is 19.2. The number of carbonyl (C=O) groups is 1. The molecule has 2 aromatic heterocycles. The Bertz CT molecular complexity index is 1190. The highest BCUT2D eigenvalue weighted by molar-refractivity contribution is 7.98. The molecule has 0 radical (unpaired) electrons. The van der Waals surface area contributed by atoms with Crippen LogP contribution < -0.4 is 11.1 Å². The zero-order valence-electron chi connectivity index (χ0n) is 16.0. The van der Waals surface area contributed by atoms with Crippen LogP contribution in [0.4, 0.5) is 16.6 Å². The average molecular weight is 487 g/mol. The molecule has 0 atom stereocenters. The molecule has 0 fully saturated rings. The topological polar surface area (TPSA) is 80.9 Å². The van der Waals surface area contributed by atoms with E-state index >= 15 is 0 Å². The van der Waals surface area contributed by atoms with Gasteiger partial charge in [0.1, 0.15) is 10.7 Å². The number of halogens is 2. The van der Waals surface area contributed by atoms with Crippen molar-refractivity contribution in [2.24, 2.45) is 0 Å². The molecule has 5 nitrogen and oxygen atoms in total. The highest BCUT2D eigenvalue weighted by atomic mass is 35.5. The molecule has 0 aliphatic heterocycles. The number of benzene rings is 2. The molecule has 0 bridgehead atoms. The van der Waals surface area contributed by atoms with E-state index in [-0.39, 0.29) is 27.2 Å². The van der Waals surface area contributed by atoms with E-state index in [1.807, 2.05) is 36.4 Å². The molecule has 0 saturated carbocycles. The van der Waals surface area contributed by atoms with Gasteiger partial charge < -0.3 is 11.1 Å². The molecule has 0 saturated heterocycles. The van der Waals surface area contributed by atoms with Crippen LogP contribution in [-0.2, 0) is 5.75 Å². The van der Waals surface area contributed by atoms with Crippen LogP contribution in [0.5, 0.6) is 0 Å². The Morgan fingerprint density at radius 2 is 1.71 bits per heavy atom. The third-order valence-electron chi connectivity index (χ3n) is 4.31. The van der Waals surface area contributed by atoms with Crippen LogP contribution in [0.25, 0.3) is 0 Å². The quantitative estimate of drug-likeness (QED) is 0.223. The molecule has 2 heterocycles. The predicted molar refractivity (Wildman–Crippen MR) is 130 cm³/mol. The highest BCUT2D eigenvalue weighted by Crippen LogP contribution is 2.34. The number of thioether (sulfide) groups is 1. The lowest BCUT2D eigenvalue weighted by atomic mass is 10.1. The smallest absolute Gasteiger partial charge is 0.209 e. The first-order valence-corrected chi connectivity index (χ1v) is 11.7. The van der Waals surface area contributed by atoms with E-state index in [1.165, 1.54) is 5.56 Å². The molecule has 0 aliphatic rings. The highest BCUT2D eigenvalue weighted by Gasteiger charge is 2.22. The Balaban J connectivity index is 1.45. The van der Waals surface area contributed by atoms with Gasteiger partial charge in [0.25, 0.3) is 0 Å². The number of aromatic nitrogens is 2. The van der Waals surface area contributed by atoms with Gasteiger partial charge in [0.05, 0.1) is 15.6 Å². The van der Waals surface area contributed by atoms with Crippen molar-refractivity contribution in [1.82, 2.24) is 9.97 Å². The van der Waals surface area contributed by atoms with E-state index in [1.54, 1.807) is 42.4 Å². The van der Waals surface area contributed by atoms with Crippen LogP contribution in [0.1, 0.15) is 20.8 Å². The molecule has 0 spiro atoms. The van der Waals surface area contributed by atoms with Crippen molar-refractivity contribution in [3.05, 3.63) is 93.0 Å². The van der Waals surface area contributed by atoms with Gasteiger partial charge in [-0.25, -0.2) is 4.98 Å². The lowest BCUT2D eigenvalue weighted by Crippen LogP contribution is -2.04. The third kappa shape index (κ3) is 5.19. The number of hydrogen-bond acceptors (Lipinski definition) is 7. The molecule has 3 N–H and O–H groups in total. The van der Waals surface area contributed by atoms with Crippen LogP contribution in [0.2, 0.25) is 10.0 Å². The maximum atomic E-state index is 12.9. The number of thiazole rings is 1. The first kappa shape index (κ1) is 21.6. The normalized spacial score (nSPS) is 10.8. The number of nitrogen functional groups attached to an aromatic ring is 1. The van der Waals surface area contributed by atoms with E-state index in [2.05, 4.69) is 15.3 Å². The minimum Gasteiger partial charge on any atom is -0.382 e. The summed E-state index contributed by atoms with van der Waals surface area (Å²) < 4.78 is 0. The number of ketones is 1. The number of hydrogen-bond donors (Lipinski definition) is 2. The minimum absolute atomic E-state index is 0.137. The van der Waals surface area contributed by atoms with E-state index in [0.717, 1.165) is 27.7 Å². The Morgan fingerprint density at radius 1 is 1.03 bits per heavy atom. The molecule has 0 unspecified atom stereocenters. The summed E-state index contributed by atoms with van der Waals surface area (Å²) in [7, 11) is 0. The van der Waals surface area contributed by atoms with Gasteiger partial charge in [-0.15, -0.1) is 11.8 Å². The fourth-order valence-corrected chi connectivity index (χ4v) is 5.05. The second kappa shape index (κ2) is 9.70. The second-order valence-electron chi connectivity index (χ2n) is 6.45. The van der Waals surface area contributed by atoms with Crippen LogP contribution in [0.15, 0.2) is 71.9 Å². The molecule has 156 valence electrons. The maximum absolute atomic E-state index is 12.9. The van der Waals surface area contributed by atoms with Crippen molar-refractivity contribution in [3.63, 3.8) is 0 Å². The Labute approximate surface area is 197 Å². The Morgan fingerprint density at radius 3 is 2.39 bits per heavy atom. The van der Waals surface area contributed by atoms with Crippen molar-refractivity contribution in [2.75, 3.05) is 11.1 Å². The first-order chi connectivity index (χ1) is 15.0. The van der Waals surface area contributed by atoms with E-state index in [0.29, 0.717) is 10.0 Å². The van der Waals surface area contributed by atoms with E-state index < -0.39 is 0 Å². The van der Waals surface area contributed by atoms with Crippen LogP contribution in [-0.4, -0.2) is 15.8 Å². The Kier molecular flexibility index (Phi) is 6.77. The van der Waals surface area contributed by atoms with Crippen LogP contribution in [0.3, 0.4) is 0 Å². The standard InChI is InChI=1S/C22H16Cl2N4OS2/c23-16-2-1-3-17(24)18(16)19(29)20-21(25)28-22(31-20)27-14-4-6-15(7-5-14)30-12-13-8-10-26-11-9-13/h1-11H,12,25H2,(H,27,28). The molecule has 31 heavy (non-hydrogen) atoms. The lowest BCUT2D eigenvalue weighted by Gasteiger charge is -2.05. The molecule has 9 heteroatoms. The number of anilines is 3. The van der Waals surface area contributed by atoms with Crippen molar-refractivity contribution in [2.45, 2.75) is 10.6 Å². The lowest BCUT2D eigenvalue weighted by molar-refractivity contribution is 0.104. The molecule has 4 aromatic rings. The summed E-state index contributed by atoms with van der Waals surface area (Å²) in [6.07, 6.45) is 3.59. The number of nitrogens with zero attached hydrogens (tertiary/aromatic N) is 2. The number of carbonyl (C=O) groups excluding carboxylic acids is 1. The maximum Gasteiger partial charge on any atom is 0.209 e. The van der Waals surface area contributed by atoms with Crippen molar-refractivity contribution >= 4 is 68.7 Å². The Hall–Kier alpha value is -2.58. The molecule has 0 amide bonds. The van der Waals surface area contributed by atoms with Crippen LogP contribution in [0, 0.1) is 0 Å². The van der Waals surface area contributed by atoms with Gasteiger partial charge in [0.15, 0.2) is 5.13 Å². The molecule has 0 aliphatic carbocycles. The number of nitrogens with two attached hydrogens (primary N) is 1. The third-order valence-corrected chi connectivity index (χ3v) is 7.01. The molecular formula is C22H16Cl2N4OS2. The summed E-state index contributed by atoms with van der Waals surface area (Å²) in [6, 6.07) is 16.9. The van der Waals surface area contributed by atoms with Gasteiger partial charge in [-0.1, -0.05) is 40.6 Å². The first-order valence-electron chi connectivity index (χ1n) is 9.15. The van der Waals surface area contributed by atoms with Crippen molar-refractivity contribution in [1.29, 1.82) is 0 Å². The fraction of sp³-hybridized carbons (Fsp3) is 0.0455. The van der Waals surface area contributed by atoms with Gasteiger partial charge in [0.2, 0.25) is 5.78 Å². The molecule has 4 rings (SSSR count). The van der Waals surface area contributed by atoms with Crippen molar-refractivity contribution in [3.8, 4) is 0 Å². The predicted octanol–water partition coefficient (Wildman–Crippen LogP) is 6.69. The molecular weight excluding hydrogens is 471 g/mol. The summed E-state index contributed by atoms with van der Waals surface area (Å²) in [5.74, 6) is 0.661. The fourth-order valence-electron chi connectivity index (χ4n) is 2.78. The second-order valence-corrected chi connectivity index (χ2v) is 9.31. The SMILES string of the molecule is Nc1nc(Nc2ccc(SCc3ccncc3)cc2)sc1C(=O)c1c(Cl)cccc1Cl. The van der Waals surface area contributed by atoms with E-state index in [4.69, 9.17) is 28.9 Å². The van der Waals surface area contributed by atoms with Gasteiger partial charge in [-0.05, 0) is 54.1 Å².